The number of benzene rings is 1. The van der Waals surface area contributed by atoms with Crippen molar-refractivity contribution in [1.82, 2.24) is 14.5 Å². The summed E-state index contributed by atoms with van der Waals surface area (Å²) in [5, 5.41) is 6.79. The molecule has 1 aliphatic heterocycles. The average molecular weight is 363 g/mol. The average Bonchev–Trinajstić information content (AvgIpc) is 2.94. The van der Waals surface area contributed by atoms with Crippen LogP contribution in [-0.4, -0.2) is 42.6 Å². The van der Waals surface area contributed by atoms with Crippen LogP contribution in [0.15, 0.2) is 29.2 Å². The highest BCUT2D eigenvalue weighted by Crippen LogP contribution is 2.27. The predicted molar refractivity (Wildman–Crippen MR) is 96.2 cm³/mol. The van der Waals surface area contributed by atoms with Crippen molar-refractivity contribution in [3.05, 3.63) is 41.2 Å². The minimum atomic E-state index is -3.52. The third kappa shape index (κ3) is 3.72. The first-order valence-electron chi connectivity index (χ1n) is 8.59. The Morgan fingerprint density at radius 2 is 2.04 bits per heavy atom. The zero-order valence-electron chi connectivity index (χ0n) is 14.9. The first kappa shape index (κ1) is 17.9. The van der Waals surface area contributed by atoms with Crippen LogP contribution in [0.5, 0.6) is 5.75 Å². The van der Waals surface area contributed by atoms with Crippen LogP contribution in [0, 0.1) is 26.7 Å². The van der Waals surface area contributed by atoms with E-state index >= 15 is 0 Å². The van der Waals surface area contributed by atoms with Gasteiger partial charge in [0.15, 0.2) is 0 Å². The Bertz CT molecular complexity index is 826. The molecule has 1 N–H and O–H groups in total. The number of H-pyrrole nitrogens is 1. The molecule has 0 aliphatic carbocycles. The van der Waals surface area contributed by atoms with Crippen LogP contribution in [0.4, 0.5) is 0 Å². The molecule has 3 rings (SSSR count). The van der Waals surface area contributed by atoms with Gasteiger partial charge in [0.25, 0.3) is 0 Å². The summed E-state index contributed by atoms with van der Waals surface area (Å²) in [6, 6.07) is 7.89. The molecule has 1 fully saturated rings. The summed E-state index contributed by atoms with van der Waals surface area (Å²) >= 11 is 0. The molecule has 2 heterocycles. The van der Waals surface area contributed by atoms with Crippen molar-refractivity contribution in [2.45, 2.75) is 38.5 Å². The lowest BCUT2D eigenvalue weighted by atomic mass is 10.0. The quantitative estimate of drug-likeness (QED) is 0.886. The summed E-state index contributed by atoms with van der Waals surface area (Å²) in [7, 11) is -3.52. The van der Waals surface area contributed by atoms with Gasteiger partial charge in [0, 0.05) is 19.0 Å². The lowest BCUT2D eigenvalue weighted by molar-refractivity contribution is 0.179. The maximum Gasteiger partial charge on any atom is 0.246 e. The van der Waals surface area contributed by atoms with E-state index < -0.39 is 10.0 Å². The molecule has 1 unspecified atom stereocenters. The van der Waals surface area contributed by atoms with E-state index in [0.29, 0.717) is 36.0 Å². The van der Waals surface area contributed by atoms with Crippen molar-refractivity contribution in [2.75, 3.05) is 19.7 Å². The highest BCUT2D eigenvalue weighted by atomic mass is 32.2. The van der Waals surface area contributed by atoms with E-state index in [1.807, 2.05) is 31.2 Å². The summed E-state index contributed by atoms with van der Waals surface area (Å²) in [5.74, 6) is 1.06. The summed E-state index contributed by atoms with van der Waals surface area (Å²) in [5.41, 5.74) is 2.21. The van der Waals surface area contributed by atoms with E-state index in [0.717, 1.165) is 24.2 Å². The van der Waals surface area contributed by atoms with E-state index in [2.05, 4.69) is 10.2 Å². The largest absolute Gasteiger partial charge is 0.493 e. The van der Waals surface area contributed by atoms with Crippen LogP contribution in [0.25, 0.3) is 0 Å². The van der Waals surface area contributed by atoms with Crippen LogP contribution in [0.3, 0.4) is 0 Å². The maximum atomic E-state index is 13.0. The van der Waals surface area contributed by atoms with Gasteiger partial charge >= 0.3 is 0 Å². The highest BCUT2D eigenvalue weighted by molar-refractivity contribution is 7.89. The molecule has 0 spiro atoms. The van der Waals surface area contributed by atoms with Crippen LogP contribution in [0.1, 0.15) is 29.8 Å². The summed E-state index contributed by atoms with van der Waals surface area (Å²) < 4.78 is 33.5. The molecule has 1 aromatic carbocycles. The summed E-state index contributed by atoms with van der Waals surface area (Å²) in [6.45, 7) is 7.04. The van der Waals surface area contributed by atoms with Gasteiger partial charge in [-0.25, -0.2) is 8.42 Å². The predicted octanol–water partition coefficient (Wildman–Crippen LogP) is 2.81. The maximum absolute atomic E-state index is 13.0. The number of hydrogen-bond acceptors (Lipinski definition) is 4. The molecule has 0 radical (unpaired) electrons. The fourth-order valence-electron chi connectivity index (χ4n) is 3.36. The van der Waals surface area contributed by atoms with Crippen molar-refractivity contribution < 1.29 is 13.2 Å². The standard InChI is InChI=1S/C18H25N3O3S/c1-13-7-4-5-9-17(13)24-12-16-8-6-10-21(11-16)25(22,23)18-14(2)19-20-15(18)3/h4-5,7,9,16H,6,8,10-12H2,1-3H3,(H,19,20). The lowest BCUT2D eigenvalue weighted by Crippen LogP contribution is -2.41. The minimum absolute atomic E-state index is 0.190. The molecule has 6 nitrogen and oxygen atoms in total. The number of piperidine rings is 1. The number of rotatable bonds is 5. The van der Waals surface area contributed by atoms with Gasteiger partial charge in [0.1, 0.15) is 10.6 Å². The number of aromatic nitrogens is 2. The van der Waals surface area contributed by atoms with Crippen molar-refractivity contribution in [3.63, 3.8) is 0 Å². The van der Waals surface area contributed by atoms with E-state index in [4.69, 9.17) is 4.74 Å². The van der Waals surface area contributed by atoms with Gasteiger partial charge in [-0.1, -0.05) is 18.2 Å². The van der Waals surface area contributed by atoms with Gasteiger partial charge in [-0.2, -0.15) is 9.40 Å². The van der Waals surface area contributed by atoms with Crippen LogP contribution < -0.4 is 4.74 Å². The van der Waals surface area contributed by atoms with Gasteiger partial charge in [0.05, 0.1) is 18.0 Å². The molecule has 0 amide bonds. The Morgan fingerprint density at radius 3 is 2.72 bits per heavy atom. The fraction of sp³-hybridized carbons (Fsp3) is 0.500. The number of nitrogens with one attached hydrogen (secondary N) is 1. The van der Waals surface area contributed by atoms with E-state index in [-0.39, 0.29) is 5.92 Å². The molecule has 1 saturated heterocycles. The number of aryl methyl sites for hydroxylation is 3. The zero-order valence-corrected chi connectivity index (χ0v) is 15.8. The molecule has 7 heteroatoms. The lowest BCUT2D eigenvalue weighted by Gasteiger charge is -2.32. The molecule has 2 aromatic rings. The van der Waals surface area contributed by atoms with Crippen LogP contribution in [0.2, 0.25) is 0 Å². The Kier molecular flexibility index (Phi) is 5.15. The van der Waals surface area contributed by atoms with Crippen LogP contribution in [-0.2, 0) is 10.0 Å². The highest BCUT2D eigenvalue weighted by Gasteiger charge is 2.33. The van der Waals surface area contributed by atoms with Crippen molar-refractivity contribution in [2.24, 2.45) is 5.92 Å². The molecule has 0 bridgehead atoms. The Morgan fingerprint density at radius 1 is 1.28 bits per heavy atom. The van der Waals surface area contributed by atoms with Gasteiger partial charge in [-0.05, 0) is 45.2 Å². The van der Waals surface area contributed by atoms with Gasteiger partial charge in [-0.15, -0.1) is 0 Å². The smallest absolute Gasteiger partial charge is 0.246 e. The third-order valence-corrected chi connectivity index (χ3v) is 6.84. The first-order chi connectivity index (χ1) is 11.9. The van der Waals surface area contributed by atoms with Gasteiger partial charge in [0.2, 0.25) is 10.0 Å². The molecule has 136 valence electrons. The van der Waals surface area contributed by atoms with Crippen LogP contribution >= 0.6 is 0 Å². The molecule has 1 aliphatic rings. The monoisotopic (exact) mass is 363 g/mol. The van der Waals surface area contributed by atoms with Gasteiger partial charge in [-0.3, -0.25) is 5.10 Å². The van der Waals surface area contributed by atoms with E-state index in [1.54, 1.807) is 18.2 Å². The zero-order chi connectivity index (χ0) is 18.0. The van der Waals surface area contributed by atoms with Crippen molar-refractivity contribution in [3.8, 4) is 5.75 Å². The second kappa shape index (κ2) is 7.17. The molecule has 1 aromatic heterocycles. The molecular formula is C18H25N3O3S. The normalized spacial score (nSPS) is 19.1. The Hall–Kier alpha value is -1.86. The molecule has 1 atom stereocenters. The minimum Gasteiger partial charge on any atom is -0.493 e. The topological polar surface area (TPSA) is 75.3 Å². The molecule has 0 saturated carbocycles. The second-order valence-electron chi connectivity index (χ2n) is 6.71. The second-order valence-corrected chi connectivity index (χ2v) is 8.59. The van der Waals surface area contributed by atoms with Crippen molar-refractivity contribution >= 4 is 10.0 Å². The SMILES string of the molecule is Cc1ccccc1OCC1CCCN(S(=O)(=O)c2c(C)n[nH]c2C)C1. The molecule has 25 heavy (non-hydrogen) atoms. The first-order valence-corrected chi connectivity index (χ1v) is 10.0. The fourth-order valence-corrected chi connectivity index (χ4v) is 5.24. The van der Waals surface area contributed by atoms with E-state index in [1.165, 1.54) is 0 Å². The number of hydrogen-bond donors (Lipinski definition) is 1. The Balaban J connectivity index is 1.70. The number of nitrogens with zero attached hydrogens (tertiary/aromatic N) is 2. The van der Waals surface area contributed by atoms with Crippen molar-refractivity contribution in [1.29, 1.82) is 0 Å². The third-order valence-electron chi connectivity index (χ3n) is 4.71. The number of ether oxygens (including phenoxy) is 1. The number of aromatic amines is 1. The Labute approximate surface area is 149 Å². The number of sulfonamides is 1. The van der Waals surface area contributed by atoms with E-state index in [9.17, 15) is 8.42 Å². The summed E-state index contributed by atoms with van der Waals surface area (Å²) in [4.78, 5) is 0.313. The van der Waals surface area contributed by atoms with Gasteiger partial charge < -0.3 is 4.74 Å². The molecular weight excluding hydrogens is 338 g/mol. The number of para-hydroxylation sites is 1. The summed E-state index contributed by atoms with van der Waals surface area (Å²) in [6.07, 6.45) is 1.82.